The van der Waals surface area contributed by atoms with Gasteiger partial charge in [-0.25, -0.2) is 13.1 Å². The van der Waals surface area contributed by atoms with Gasteiger partial charge in [-0.3, -0.25) is 4.79 Å². The summed E-state index contributed by atoms with van der Waals surface area (Å²) < 4.78 is 30.1. The highest BCUT2D eigenvalue weighted by atomic mass is 32.2. The van der Waals surface area contributed by atoms with Crippen LogP contribution in [-0.2, 0) is 19.6 Å². The summed E-state index contributed by atoms with van der Waals surface area (Å²) in [7, 11) is -3.37. The van der Waals surface area contributed by atoms with E-state index in [1.807, 2.05) is 0 Å². The molecule has 1 fully saturated rings. The maximum atomic E-state index is 11.4. The van der Waals surface area contributed by atoms with E-state index >= 15 is 0 Å². The number of aliphatic carboxylic acids is 1. The summed E-state index contributed by atoms with van der Waals surface area (Å²) in [6.45, 7) is 1.94. The zero-order valence-electron chi connectivity index (χ0n) is 8.47. The second kappa shape index (κ2) is 4.91. The van der Waals surface area contributed by atoms with Crippen LogP contribution in [0.25, 0.3) is 0 Å². The topological polar surface area (TPSA) is 92.7 Å². The van der Waals surface area contributed by atoms with Crippen molar-refractivity contribution in [2.24, 2.45) is 5.92 Å². The minimum atomic E-state index is -3.37. The highest BCUT2D eigenvalue weighted by molar-refractivity contribution is 7.89. The molecule has 0 saturated carbocycles. The number of rotatable bonds is 5. The fraction of sp³-hybridized carbons (Fsp3) is 0.875. The van der Waals surface area contributed by atoms with Gasteiger partial charge >= 0.3 is 5.97 Å². The molecule has 88 valence electrons. The third-order valence-electron chi connectivity index (χ3n) is 2.20. The summed E-state index contributed by atoms with van der Waals surface area (Å²) in [6.07, 6.45) is 0.501. The standard InChI is InChI=1S/C8H15NO5S/c1-2-3-15(12,13)9-7-5-14-4-6(7)8(10)11/h6-7,9H,2-5H2,1H3,(H,10,11). The van der Waals surface area contributed by atoms with Crippen LogP contribution in [0.5, 0.6) is 0 Å². The fourth-order valence-corrected chi connectivity index (χ4v) is 2.82. The molecule has 0 aromatic rings. The Balaban J connectivity index is 2.61. The SMILES string of the molecule is CCCS(=O)(=O)NC1COCC1C(=O)O. The first-order valence-electron chi connectivity index (χ1n) is 4.77. The van der Waals surface area contributed by atoms with Gasteiger partial charge in [0.15, 0.2) is 0 Å². The Morgan fingerprint density at radius 2 is 2.20 bits per heavy atom. The van der Waals surface area contributed by atoms with E-state index in [9.17, 15) is 13.2 Å². The largest absolute Gasteiger partial charge is 0.481 e. The van der Waals surface area contributed by atoms with E-state index in [2.05, 4.69) is 4.72 Å². The molecule has 1 aliphatic heterocycles. The third kappa shape index (κ3) is 3.44. The van der Waals surface area contributed by atoms with Crippen molar-refractivity contribution < 1.29 is 23.1 Å². The van der Waals surface area contributed by atoms with Gasteiger partial charge in [0.1, 0.15) is 0 Å². The van der Waals surface area contributed by atoms with Crippen molar-refractivity contribution in [3.63, 3.8) is 0 Å². The molecule has 1 saturated heterocycles. The Kier molecular flexibility index (Phi) is 4.06. The van der Waals surface area contributed by atoms with Gasteiger partial charge in [0.05, 0.1) is 30.9 Å². The molecule has 0 aromatic carbocycles. The Hall–Kier alpha value is -0.660. The second-order valence-corrected chi connectivity index (χ2v) is 5.40. The summed E-state index contributed by atoms with van der Waals surface area (Å²) in [4.78, 5) is 10.7. The Morgan fingerprint density at radius 3 is 2.73 bits per heavy atom. The van der Waals surface area contributed by atoms with Gasteiger partial charge in [-0.1, -0.05) is 6.92 Å². The van der Waals surface area contributed by atoms with Crippen molar-refractivity contribution in [1.82, 2.24) is 4.72 Å². The Labute approximate surface area is 88.7 Å². The monoisotopic (exact) mass is 237 g/mol. The number of carboxylic acids is 1. The zero-order chi connectivity index (χ0) is 11.5. The lowest BCUT2D eigenvalue weighted by molar-refractivity contribution is -0.142. The van der Waals surface area contributed by atoms with E-state index < -0.39 is 28.0 Å². The molecule has 15 heavy (non-hydrogen) atoms. The van der Waals surface area contributed by atoms with Gasteiger partial charge < -0.3 is 9.84 Å². The molecule has 1 heterocycles. The van der Waals surface area contributed by atoms with E-state index in [0.717, 1.165) is 0 Å². The van der Waals surface area contributed by atoms with Crippen LogP contribution in [0.2, 0.25) is 0 Å². The smallest absolute Gasteiger partial charge is 0.310 e. The van der Waals surface area contributed by atoms with Crippen LogP contribution >= 0.6 is 0 Å². The molecule has 2 N–H and O–H groups in total. The first-order chi connectivity index (χ1) is 6.96. The number of sulfonamides is 1. The van der Waals surface area contributed by atoms with Crippen molar-refractivity contribution >= 4 is 16.0 Å². The van der Waals surface area contributed by atoms with Crippen LogP contribution in [0.1, 0.15) is 13.3 Å². The number of carboxylic acid groups (broad SMARTS) is 1. The average molecular weight is 237 g/mol. The van der Waals surface area contributed by atoms with E-state index in [-0.39, 0.29) is 19.0 Å². The lowest BCUT2D eigenvalue weighted by Crippen LogP contribution is -2.43. The molecule has 0 aliphatic carbocycles. The van der Waals surface area contributed by atoms with Gasteiger partial charge in [0.25, 0.3) is 0 Å². The Morgan fingerprint density at radius 1 is 1.53 bits per heavy atom. The fourth-order valence-electron chi connectivity index (χ4n) is 1.47. The molecular formula is C8H15NO5S. The van der Waals surface area contributed by atoms with Crippen molar-refractivity contribution in [3.8, 4) is 0 Å². The van der Waals surface area contributed by atoms with Crippen molar-refractivity contribution in [2.45, 2.75) is 19.4 Å². The highest BCUT2D eigenvalue weighted by Gasteiger charge is 2.36. The maximum Gasteiger partial charge on any atom is 0.310 e. The van der Waals surface area contributed by atoms with Gasteiger partial charge in [0.2, 0.25) is 10.0 Å². The first kappa shape index (κ1) is 12.4. The quantitative estimate of drug-likeness (QED) is 0.667. The molecule has 1 rings (SSSR count). The molecule has 6 nitrogen and oxygen atoms in total. The van der Waals surface area contributed by atoms with Crippen LogP contribution in [0.3, 0.4) is 0 Å². The van der Waals surface area contributed by atoms with E-state index in [4.69, 9.17) is 9.84 Å². The summed E-state index contributed by atoms with van der Waals surface area (Å²) in [5, 5.41) is 8.80. The van der Waals surface area contributed by atoms with Crippen LogP contribution in [0.4, 0.5) is 0 Å². The molecule has 0 aromatic heterocycles. The van der Waals surface area contributed by atoms with Gasteiger partial charge in [-0.05, 0) is 6.42 Å². The van der Waals surface area contributed by atoms with E-state index in [0.29, 0.717) is 6.42 Å². The molecule has 0 spiro atoms. The van der Waals surface area contributed by atoms with Crippen LogP contribution in [0.15, 0.2) is 0 Å². The van der Waals surface area contributed by atoms with E-state index in [1.165, 1.54) is 0 Å². The molecule has 7 heteroatoms. The first-order valence-corrected chi connectivity index (χ1v) is 6.42. The summed E-state index contributed by atoms with van der Waals surface area (Å²) in [5.41, 5.74) is 0. The minimum absolute atomic E-state index is 0.00976. The molecule has 0 radical (unpaired) electrons. The second-order valence-electron chi connectivity index (χ2n) is 3.53. The van der Waals surface area contributed by atoms with Crippen molar-refractivity contribution in [1.29, 1.82) is 0 Å². The minimum Gasteiger partial charge on any atom is -0.481 e. The molecule has 0 bridgehead atoms. The summed E-state index contributed by atoms with van der Waals surface area (Å²) in [5.74, 6) is -1.80. The van der Waals surface area contributed by atoms with Crippen molar-refractivity contribution in [3.05, 3.63) is 0 Å². The number of ether oxygens (including phenoxy) is 1. The molecule has 2 unspecified atom stereocenters. The van der Waals surface area contributed by atoms with Crippen LogP contribution in [0, 0.1) is 5.92 Å². The van der Waals surface area contributed by atoms with Crippen molar-refractivity contribution in [2.75, 3.05) is 19.0 Å². The number of hydrogen-bond donors (Lipinski definition) is 2. The van der Waals surface area contributed by atoms with Crippen LogP contribution in [-0.4, -0.2) is 44.5 Å². The molecular weight excluding hydrogens is 222 g/mol. The normalized spacial score (nSPS) is 26.7. The third-order valence-corrected chi connectivity index (χ3v) is 3.81. The Bertz CT molecular complexity index is 326. The van der Waals surface area contributed by atoms with Gasteiger partial charge in [-0.2, -0.15) is 0 Å². The van der Waals surface area contributed by atoms with E-state index in [1.54, 1.807) is 6.92 Å². The van der Waals surface area contributed by atoms with Gasteiger partial charge in [0, 0.05) is 0 Å². The predicted octanol–water partition coefficient (Wildman–Crippen LogP) is -0.585. The summed E-state index contributed by atoms with van der Waals surface area (Å²) >= 11 is 0. The summed E-state index contributed by atoms with van der Waals surface area (Å²) in [6, 6.07) is -0.640. The molecule has 2 atom stereocenters. The predicted molar refractivity (Wildman–Crippen MR) is 52.9 cm³/mol. The molecule has 0 amide bonds. The number of carbonyl (C=O) groups is 1. The number of hydrogen-bond acceptors (Lipinski definition) is 4. The average Bonchev–Trinajstić information content (AvgIpc) is 2.50. The number of nitrogens with one attached hydrogen (secondary N) is 1. The highest BCUT2D eigenvalue weighted by Crippen LogP contribution is 2.14. The zero-order valence-corrected chi connectivity index (χ0v) is 9.29. The maximum absolute atomic E-state index is 11.4. The lowest BCUT2D eigenvalue weighted by atomic mass is 10.1. The molecule has 1 aliphatic rings. The lowest BCUT2D eigenvalue weighted by Gasteiger charge is -2.15. The van der Waals surface area contributed by atoms with Gasteiger partial charge in [-0.15, -0.1) is 0 Å². The van der Waals surface area contributed by atoms with Crippen LogP contribution < -0.4 is 4.72 Å².